The number of thioether (sulfide) groups is 1. The Morgan fingerprint density at radius 1 is 1.13 bits per heavy atom. The van der Waals surface area contributed by atoms with Crippen molar-refractivity contribution in [1.82, 2.24) is 10.6 Å². The molecule has 11 nitrogen and oxygen atoms in total. The van der Waals surface area contributed by atoms with Crippen LogP contribution in [0.15, 0.2) is 48.8 Å². The van der Waals surface area contributed by atoms with Gasteiger partial charge in [-0.3, -0.25) is 9.80 Å². The van der Waals surface area contributed by atoms with Gasteiger partial charge in [0.1, 0.15) is 41.7 Å². The van der Waals surface area contributed by atoms with Gasteiger partial charge in [-0.05, 0) is 67.0 Å². The fourth-order valence-electron chi connectivity index (χ4n) is 5.80. The fourth-order valence-corrected chi connectivity index (χ4v) is 6.87. The van der Waals surface area contributed by atoms with E-state index in [2.05, 4.69) is 37.5 Å². The Balaban J connectivity index is 0.000000298. The monoisotopic (exact) mass is 667 g/mol. The maximum atomic E-state index is 13.3. The minimum absolute atomic E-state index is 0.118. The highest BCUT2D eigenvalue weighted by Crippen LogP contribution is 2.34. The number of halogens is 1. The van der Waals surface area contributed by atoms with E-state index < -0.39 is 41.9 Å². The Labute approximate surface area is 276 Å². The molecule has 10 unspecified atom stereocenters. The third kappa shape index (κ3) is 10.9. The molecule has 5 rings (SSSR count). The van der Waals surface area contributed by atoms with Crippen LogP contribution in [0, 0.1) is 23.6 Å². The Kier molecular flexibility index (Phi) is 15.7. The largest absolute Gasteiger partial charge is 0.403 e. The predicted molar refractivity (Wildman–Crippen MR) is 180 cm³/mol. The zero-order valence-corrected chi connectivity index (χ0v) is 28.2. The van der Waals surface area contributed by atoms with Crippen LogP contribution < -0.4 is 27.2 Å². The van der Waals surface area contributed by atoms with Crippen LogP contribution >= 0.6 is 11.8 Å². The van der Waals surface area contributed by atoms with Gasteiger partial charge in [-0.25, -0.2) is 10.2 Å². The number of hydrazine groups is 1. The molecule has 46 heavy (non-hydrogen) atoms. The van der Waals surface area contributed by atoms with Gasteiger partial charge in [0.2, 0.25) is 5.91 Å². The maximum absolute atomic E-state index is 13.3. The average molecular weight is 668 g/mol. The number of hydrogen-bond acceptors (Lipinski definition) is 11. The molecule has 0 saturated carbocycles. The van der Waals surface area contributed by atoms with Crippen LogP contribution in [0.1, 0.15) is 53.4 Å². The van der Waals surface area contributed by atoms with Gasteiger partial charge in [0, 0.05) is 25.6 Å². The smallest absolute Gasteiger partial charge is 0.240 e. The van der Waals surface area contributed by atoms with E-state index in [1.807, 2.05) is 13.0 Å². The Morgan fingerprint density at radius 3 is 2.50 bits per heavy atom. The van der Waals surface area contributed by atoms with Crippen molar-refractivity contribution in [3.63, 3.8) is 0 Å². The number of hydrogen-bond donors (Lipinski definition) is 7. The molecule has 0 aliphatic carbocycles. The molecule has 1 aromatic carbocycles. The lowest BCUT2D eigenvalue weighted by Crippen LogP contribution is -2.65. The lowest BCUT2D eigenvalue weighted by atomic mass is 9.87. The number of benzene rings is 1. The number of nitrogens with two attached hydrogens (primary N) is 2. The van der Waals surface area contributed by atoms with E-state index in [-0.39, 0.29) is 23.7 Å². The summed E-state index contributed by atoms with van der Waals surface area (Å²) in [7, 11) is 0. The Hall–Kier alpha value is -2.23. The molecule has 4 aliphatic heterocycles. The highest BCUT2D eigenvalue weighted by Gasteiger charge is 2.49. The molecule has 13 heteroatoms. The van der Waals surface area contributed by atoms with Crippen LogP contribution in [-0.2, 0) is 14.3 Å². The van der Waals surface area contributed by atoms with Crippen molar-refractivity contribution in [3.8, 4) is 0 Å². The average Bonchev–Trinajstić information content (AvgIpc) is 3.28. The van der Waals surface area contributed by atoms with Crippen molar-refractivity contribution in [1.29, 1.82) is 0 Å². The summed E-state index contributed by atoms with van der Waals surface area (Å²) in [6, 6.07) is 4.81. The zero-order valence-electron chi connectivity index (χ0n) is 27.4. The fraction of sp³-hybridized carbons (Fsp3) is 0.667. The molecule has 260 valence electrons. The molecule has 0 radical (unpaired) electrons. The van der Waals surface area contributed by atoms with Crippen molar-refractivity contribution in [2.45, 2.75) is 101 Å². The second-order valence-electron chi connectivity index (χ2n) is 12.9. The first-order chi connectivity index (χ1) is 21.9. The van der Waals surface area contributed by atoms with Gasteiger partial charge >= 0.3 is 0 Å². The molecule has 1 aromatic rings. The Bertz CT molecular complexity index is 1110. The van der Waals surface area contributed by atoms with Crippen LogP contribution in [0.5, 0.6) is 0 Å². The second kappa shape index (κ2) is 18.9. The molecule has 9 N–H and O–H groups in total. The van der Waals surface area contributed by atoms with Crippen LogP contribution in [0.4, 0.5) is 10.1 Å². The quantitative estimate of drug-likeness (QED) is 0.143. The molecular weight excluding hydrogens is 613 g/mol. The summed E-state index contributed by atoms with van der Waals surface area (Å²) in [4.78, 5) is 13.3. The molecule has 4 aliphatic rings. The van der Waals surface area contributed by atoms with Crippen LogP contribution in [-0.4, -0.2) is 88.2 Å². The number of carbonyl (C=O) groups is 1. The van der Waals surface area contributed by atoms with Gasteiger partial charge in [-0.1, -0.05) is 46.3 Å². The number of ether oxygens (including phenoxy) is 2. The molecule has 10 atom stereocenters. The third-order valence-electron chi connectivity index (χ3n) is 8.17. The van der Waals surface area contributed by atoms with Gasteiger partial charge in [-0.15, -0.1) is 11.8 Å². The summed E-state index contributed by atoms with van der Waals surface area (Å²) in [6.45, 7) is 9.89. The molecule has 0 aromatic heterocycles. The summed E-state index contributed by atoms with van der Waals surface area (Å²) in [5, 5.41) is 39.1. The number of nitrogens with zero attached hydrogens (tertiary/aromatic N) is 1. The van der Waals surface area contributed by atoms with E-state index >= 15 is 0 Å². The highest BCUT2D eigenvalue weighted by atomic mass is 32.2. The molecule has 3 fully saturated rings. The summed E-state index contributed by atoms with van der Waals surface area (Å²) >= 11 is 1.41. The molecule has 3 saturated heterocycles. The van der Waals surface area contributed by atoms with E-state index in [0.29, 0.717) is 18.2 Å². The van der Waals surface area contributed by atoms with Gasteiger partial charge in [-0.2, -0.15) is 0 Å². The lowest BCUT2D eigenvalue weighted by molar-refractivity contribution is -0.207. The van der Waals surface area contributed by atoms with E-state index in [1.54, 1.807) is 12.1 Å². The van der Waals surface area contributed by atoms with Crippen molar-refractivity contribution in [2.75, 3.05) is 23.9 Å². The SMILES string of the molecule is CC(C)C.CC1/C=C\CCSC2OC(C(O)C(O)C2O)C1NC(=O)C1NCC2CCCCOC21.N/C=C\N(N)c1ccc(F)cc1. The first kappa shape index (κ1) is 38.2. The van der Waals surface area contributed by atoms with Gasteiger partial charge in [0.15, 0.2) is 0 Å². The summed E-state index contributed by atoms with van der Waals surface area (Å²) < 4.78 is 24.5. The van der Waals surface area contributed by atoms with Crippen molar-refractivity contribution in [3.05, 3.63) is 54.6 Å². The number of fused-ring (bicyclic) bond motifs is 3. The predicted octanol–water partition coefficient (Wildman–Crippen LogP) is 2.36. The zero-order chi connectivity index (χ0) is 33.8. The number of anilines is 1. The number of carbonyl (C=O) groups excluding carboxylic acids is 1. The van der Waals surface area contributed by atoms with Gasteiger partial charge in [0.05, 0.1) is 17.8 Å². The van der Waals surface area contributed by atoms with Crippen molar-refractivity contribution in [2.24, 2.45) is 29.3 Å². The standard InChI is InChI=1S/C21H34N2O6S.C8H10FN3.C4H10/c1-11-6-3-5-9-30-21-17(26)15(24)16(25)19(29-21)13(11)23-20(27)14-18-12(10-22-14)7-2-4-8-28-18;9-7-1-3-8(4-2-7)12(11)6-5-10;1-4(2)3/h3,6,11-19,21-22,24-26H,2,4-5,7-10H2,1H3,(H,23,27);1-6H,10-11H2;4H,1-3H3/b6-3-;6-5-;. The molecule has 2 bridgehead atoms. The van der Waals surface area contributed by atoms with Gasteiger partial charge in [0.25, 0.3) is 0 Å². The third-order valence-corrected chi connectivity index (χ3v) is 9.36. The Morgan fingerprint density at radius 2 is 1.83 bits per heavy atom. The minimum atomic E-state index is -1.32. The molecule has 0 spiro atoms. The van der Waals surface area contributed by atoms with Crippen molar-refractivity contribution < 1.29 is 34.0 Å². The van der Waals surface area contributed by atoms with E-state index in [0.717, 1.165) is 43.9 Å². The number of amides is 1. The maximum Gasteiger partial charge on any atom is 0.240 e. The van der Waals surface area contributed by atoms with E-state index in [9.17, 15) is 24.5 Å². The number of aliphatic hydroxyl groups excluding tert-OH is 3. The molecular formula is C33H54FN5O6S. The number of aliphatic hydroxyl groups is 3. The number of nitrogens with one attached hydrogen (secondary N) is 2. The van der Waals surface area contributed by atoms with E-state index in [4.69, 9.17) is 21.1 Å². The highest BCUT2D eigenvalue weighted by molar-refractivity contribution is 7.99. The van der Waals surface area contributed by atoms with Crippen molar-refractivity contribution >= 4 is 23.4 Å². The normalized spacial score (nSPS) is 35.0. The molecule has 4 heterocycles. The lowest BCUT2D eigenvalue weighted by Gasteiger charge is -2.45. The van der Waals surface area contributed by atoms with E-state index in [1.165, 1.54) is 41.3 Å². The van der Waals surface area contributed by atoms with Crippen LogP contribution in [0.2, 0.25) is 0 Å². The minimum Gasteiger partial charge on any atom is -0.403 e. The first-order valence-corrected chi connectivity index (χ1v) is 17.3. The second-order valence-corrected chi connectivity index (χ2v) is 14.1. The molecule has 1 amide bonds. The van der Waals surface area contributed by atoms with Gasteiger partial charge < -0.3 is 41.2 Å². The number of rotatable bonds is 4. The topological polar surface area (TPSA) is 176 Å². The summed E-state index contributed by atoms with van der Waals surface area (Å²) in [6.07, 6.45) is 6.09. The van der Waals surface area contributed by atoms with Crippen LogP contribution in [0.25, 0.3) is 0 Å². The van der Waals surface area contributed by atoms with Crippen LogP contribution in [0.3, 0.4) is 0 Å². The number of allylic oxidation sites excluding steroid dienone is 1. The first-order valence-electron chi connectivity index (χ1n) is 16.3. The summed E-state index contributed by atoms with van der Waals surface area (Å²) in [5.74, 6) is 6.82. The summed E-state index contributed by atoms with van der Waals surface area (Å²) in [5.41, 5.74) is 5.15.